The number of hydrogen-bond acceptors (Lipinski definition) is 5. The molecule has 1 aromatic carbocycles. The van der Waals surface area contributed by atoms with E-state index in [1.165, 1.54) is 0 Å². The highest BCUT2D eigenvalue weighted by Gasteiger charge is 2.37. The number of nitrogens with zero attached hydrogens (tertiary/aromatic N) is 1. The van der Waals surface area contributed by atoms with Crippen LogP contribution in [0.5, 0.6) is 0 Å². The second kappa shape index (κ2) is 6.01. The Hall–Kier alpha value is -1.01. The fourth-order valence-corrected chi connectivity index (χ4v) is 3.13. The monoisotopic (exact) mass is 324 g/mol. The third kappa shape index (κ3) is 2.97. The molecule has 21 heavy (non-hydrogen) atoms. The topological polar surface area (TPSA) is 42.9 Å². The highest BCUT2D eigenvalue weighted by atomic mass is 35.5. The third-order valence-corrected chi connectivity index (χ3v) is 4.30. The van der Waals surface area contributed by atoms with E-state index in [-0.39, 0.29) is 18.6 Å². The number of aliphatic imine (C=N–C) groups is 1. The van der Waals surface area contributed by atoms with Crippen LogP contribution < -0.4 is 5.32 Å². The fourth-order valence-electron chi connectivity index (χ4n) is 2.47. The number of ether oxygens (including phenoxy) is 2. The molecule has 6 heteroatoms. The molecule has 0 radical (unpaired) electrons. The molecular weight excluding hydrogens is 308 g/mol. The van der Waals surface area contributed by atoms with E-state index in [0.29, 0.717) is 5.02 Å². The van der Waals surface area contributed by atoms with Gasteiger partial charge in [0.1, 0.15) is 0 Å². The summed E-state index contributed by atoms with van der Waals surface area (Å²) in [6, 6.07) is 7.75. The number of hydrogen-bond donors (Lipinski definition) is 1. The van der Waals surface area contributed by atoms with Gasteiger partial charge in [0.2, 0.25) is 0 Å². The van der Waals surface area contributed by atoms with E-state index in [4.69, 9.17) is 21.1 Å². The van der Waals surface area contributed by atoms with E-state index in [1.54, 1.807) is 11.8 Å². The third-order valence-electron chi connectivity index (χ3n) is 3.47. The Morgan fingerprint density at radius 3 is 2.67 bits per heavy atom. The van der Waals surface area contributed by atoms with Gasteiger partial charge in [0, 0.05) is 10.6 Å². The number of halogens is 1. The van der Waals surface area contributed by atoms with Gasteiger partial charge in [-0.15, -0.1) is 0 Å². The Balaban J connectivity index is 2.02. The van der Waals surface area contributed by atoms with E-state index in [9.17, 15) is 0 Å². The van der Waals surface area contributed by atoms with E-state index in [1.807, 2.05) is 44.4 Å². The van der Waals surface area contributed by atoms with Gasteiger partial charge in [-0.2, -0.15) is 0 Å². The molecule has 1 fully saturated rings. The minimum absolute atomic E-state index is 0.000168. The molecule has 0 amide bonds. The smallest absolute Gasteiger partial charge is 0.190 e. The first-order chi connectivity index (χ1) is 10.1. The summed E-state index contributed by atoms with van der Waals surface area (Å²) < 4.78 is 11.3. The zero-order chi connectivity index (χ0) is 15.0. The van der Waals surface area contributed by atoms with Crippen LogP contribution in [0, 0.1) is 0 Å². The van der Waals surface area contributed by atoms with Crippen LogP contribution in [0.2, 0.25) is 5.02 Å². The van der Waals surface area contributed by atoms with Crippen LogP contribution in [0.15, 0.2) is 34.8 Å². The molecule has 1 N–H and O–H groups in total. The summed E-state index contributed by atoms with van der Waals surface area (Å²) in [5.74, 6) is 0. The van der Waals surface area contributed by atoms with Crippen LogP contribution in [0.25, 0.3) is 5.70 Å². The van der Waals surface area contributed by atoms with Crippen LogP contribution in [0.4, 0.5) is 0 Å². The summed E-state index contributed by atoms with van der Waals surface area (Å²) in [4.78, 5) is 4.63. The molecule has 2 aliphatic heterocycles. The standard InChI is InChI=1S/C15H17ClN2O2S/c1-8-12(14-19-9(2)20-14)13(18-15(17-8)21-3)10-5-4-6-11(16)7-10/h4-9,14H,1-3H3,(H,17,18). The average Bonchev–Trinajstić information content (AvgIpc) is 2.43. The van der Waals surface area contributed by atoms with Crippen molar-refractivity contribution in [1.82, 2.24) is 5.32 Å². The van der Waals surface area contributed by atoms with Crippen LogP contribution in [-0.4, -0.2) is 30.0 Å². The lowest BCUT2D eigenvalue weighted by Gasteiger charge is -2.39. The van der Waals surface area contributed by atoms with E-state index < -0.39 is 0 Å². The largest absolute Gasteiger partial charge is 0.334 e. The molecule has 0 saturated carbocycles. The molecule has 1 atom stereocenters. The van der Waals surface area contributed by atoms with Crippen molar-refractivity contribution in [2.75, 3.05) is 6.26 Å². The number of amidine groups is 1. The molecule has 2 aliphatic rings. The molecule has 0 aromatic heterocycles. The van der Waals surface area contributed by atoms with Crippen LogP contribution in [-0.2, 0) is 9.47 Å². The molecule has 3 rings (SSSR count). The second-order valence-corrected chi connectivity index (χ2v) is 6.18. The van der Waals surface area contributed by atoms with Crippen LogP contribution in [0.3, 0.4) is 0 Å². The molecular formula is C15H17ClN2O2S. The molecule has 0 aliphatic carbocycles. The Kier molecular flexibility index (Phi) is 4.26. The average molecular weight is 325 g/mol. The Morgan fingerprint density at radius 2 is 2.05 bits per heavy atom. The Bertz CT molecular complexity index is 611. The highest BCUT2D eigenvalue weighted by molar-refractivity contribution is 8.13. The highest BCUT2D eigenvalue weighted by Crippen LogP contribution is 2.34. The lowest BCUT2D eigenvalue weighted by molar-refractivity contribution is -0.359. The molecule has 112 valence electrons. The molecule has 2 heterocycles. The van der Waals surface area contributed by atoms with Gasteiger partial charge in [0.15, 0.2) is 17.7 Å². The van der Waals surface area contributed by atoms with Crippen molar-refractivity contribution < 1.29 is 9.47 Å². The first-order valence-electron chi connectivity index (χ1n) is 6.78. The summed E-state index contributed by atoms with van der Waals surface area (Å²) in [6.07, 6.45) is 1.49. The van der Waals surface area contributed by atoms with Crippen molar-refractivity contribution in [3.05, 3.63) is 40.4 Å². The number of benzene rings is 1. The van der Waals surface area contributed by atoms with E-state index >= 15 is 0 Å². The number of rotatable bonds is 2. The van der Waals surface area contributed by atoms with E-state index in [2.05, 4.69) is 10.3 Å². The molecule has 1 aromatic rings. The summed E-state index contributed by atoms with van der Waals surface area (Å²) in [6.45, 7) is 3.93. The SMILES string of the molecule is CSC1=NC(C)C(C2OC(C)O2)=C(c2cccc(Cl)c2)N1. The van der Waals surface area contributed by atoms with Gasteiger partial charge < -0.3 is 14.8 Å². The summed E-state index contributed by atoms with van der Waals surface area (Å²) in [5, 5.41) is 4.95. The van der Waals surface area contributed by atoms with Gasteiger partial charge in [-0.25, -0.2) is 0 Å². The van der Waals surface area contributed by atoms with Crippen molar-refractivity contribution >= 4 is 34.2 Å². The lowest BCUT2D eigenvalue weighted by Crippen LogP contribution is -2.45. The Labute approximate surface area is 133 Å². The van der Waals surface area contributed by atoms with Crippen molar-refractivity contribution in [1.29, 1.82) is 0 Å². The molecule has 0 bridgehead atoms. The summed E-state index contributed by atoms with van der Waals surface area (Å²) in [5.41, 5.74) is 2.99. The first-order valence-corrected chi connectivity index (χ1v) is 8.38. The minimum atomic E-state index is -0.344. The molecule has 1 unspecified atom stereocenters. The van der Waals surface area contributed by atoms with E-state index in [0.717, 1.165) is 22.0 Å². The van der Waals surface area contributed by atoms with Crippen molar-refractivity contribution in [2.45, 2.75) is 32.5 Å². The van der Waals surface area contributed by atoms with Gasteiger partial charge in [-0.05, 0) is 37.8 Å². The van der Waals surface area contributed by atoms with Crippen molar-refractivity contribution in [3.8, 4) is 0 Å². The second-order valence-electron chi connectivity index (χ2n) is 4.95. The predicted molar refractivity (Wildman–Crippen MR) is 87.3 cm³/mol. The maximum absolute atomic E-state index is 6.12. The normalized spacial score (nSPS) is 28.8. The maximum Gasteiger partial charge on any atom is 0.190 e. The zero-order valence-corrected chi connectivity index (χ0v) is 13.7. The maximum atomic E-state index is 6.12. The van der Waals surface area contributed by atoms with Crippen LogP contribution in [0.1, 0.15) is 19.4 Å². The van der Waals surface area contributed by atoms with Crippen molar-refractivity contribution in [3.63, 3.8) is 0 Å². The van der Waals surface area contributed by atoms with Gasteiger partial charge >= 0.3 is 0 Å². The quantitative estimate of drug-likeness (QED) is 0.904. The molecule has 0 spiro atoms. The number of nitrogens with one attached hydrogen (secondary N) is 1. The molecule has 1 saturated heterocycles. The minimum Gasteiger partial charge on any atom is -0.334 e. The summed E-state index contributed by atoms with van der Waals surface area (Å²) in [7, 11) is 0. The summed E-state index contributed by atoms with van der Waals surface area (Å²) >= 11 is 7.70. The zero-order valence-electron chi connectivity index (χ0n) is 12.1. The van der Waals surface area contributed by atoms with Crippen molar-refractivity contribution in [2.24, 2.45) is 4.99 Å². The van der Waals surface area contributed by atoms with Gasteiger partial charge in [0.05, 0.1) is 11.7 Å². The molecule has 4 nitrogen and oxygen atoms in total. The fraction of sp³-hybridized carbons (Fsp3) is 0.400. The predicted octanol–water partition coefficient (Wildman–Crippen LogP) is 3.48. The lowest BCUT2D eigenvalue weighted by atomic mass is 9.99. The van der Waals surface area contributed by atoms with Gasteiger partial charge in [0.25, 0.3) is 0 Å². The Morgan fingerprint density at radius 1 is 1.29 bits per heavy atom. The first kappa shape index (κ1) is 14.9. The van der Waals surface area contributed by atoms with Gasteiger partial charge in [-0.1, -0.05) is 35.5 Å². The van der Waals surface area contributed by atoms with Crippen LogP contribution >= 0.6 is 23.4 Å². The number of thioether (sulfide) groups is 1. The van der Waals surface area contributed by atoms with Gasteiger partial charge in [-0.3, -0.25) is 4.99 Å².